The minimum Gasteiger partial charge on any atom is -0.497 e. The summed E-state index contributed by atoms with van der Waals surface area (Å²) in [5.41, 5.74) is 3.29. The van der Waals surface area contributed by atoms with Crippen LogP contribution in [0.15, 0.2) is 71.2 Å². The number of pyridine rings is 1. The van der Waals surface area contributed by atoms with Crippen molar-refractivity contribution < 1.29 is 28.6 Å². The van der Waals surface area contributed by atoms with Crippen LogP contribution in [-0.4, -0.2) is 43.0 Å². The molecule has 2 aromatic rings. The molecule has 188 valence electrons. The van der Waals surface area contributed by atoms with Gasteiger partial charge < -0.3 is 19.5 Å². The van der Waals surface area contributed by atoms with Crippen molar-refractivity contribution in [1.29, 1.82) is 0 Å². The van der Waals surface area contributed by atoms with E-state index in [0.717, 1.165) is 5.56 Å². The predicted octanol–water partition coefficient (Wildman–Crippen LogP) is 3.80. The number of carbonyl (C=O) groups excluding carboxylic acids is 3. The van der Waals surface area contributed by atoms with Crippen LogP contribution in [0.4, 0.5) is 0 Å². The molecule has 2 aliphatic rings. The van der Waals surface area contributed by atoms with E-state index in [1.165, 1.54) is 0 Å². The summed E-state index contributed by atoms with van der Waals surface area (Å²) < 4.78 is 16.0. The van der Waals surface area contributed by atoms with Crippen molar-refractivity contribution in [1.82, 2.24) is 10.3 Å². The van der Waals surface area contributed by atoms with E-state index in [1.807, 2.05) is 12.1 Å². The number of nitrogens with zero attached hydrogens (tertiary/aromatic N) is 1. The number of Topliss-reactive ketones (excluding diaryl/α,β-unsaturated/α-hetero) is 1. The van der Waals surface area contributed by atoms with Gasteiger partial charge in [-0.15, -0.1) is 0 Å². The number of hydrogen-bond acceptors (Lipinski definition) is 8. The Balaban J connectivity index is 1.87. The highest BCUT2D eigenvalue weighted by molar-refractivity contribution is 6.13. The van der Waals surface area contributed by atoms with Crippen molar-refractivity contribution in [3.63, 3.8) is 0 Å². The fourth-order valence-corrected chi connectivity index (χ4v) is 5.02. The van der Waals surface area contributed by atoms with Gasteiger partial charge in [-0.1, -0.05) is 18.2 Å². The van der Waals surface area contributed by atoms with Gasteiger partial charge in [-0.2, -0.15) is 0 Å². The van der Waals surface area contributed by atoms with Crippen LogP contribution >= 0.6 is 0 Å². The Morgan fingerprint density at radius 3 is 2.39 bits per heavy atom. The second-order valence-corrected chi connectivity index (χ2v) is 8.64. The molecule has 1 aliphatic carbocycles. The van der Waals surface area contributed by atoms with Crippen molar-refractivity contribution in [2.75, 3.05) is 20.3 Å². The van der Waals surface area contributed by atoms with Crippen LogP contribution in [0.25, 0.3) is 0 Å². The van der Waals surface area contributed by atoms with E-state index in [0.29, 0.717) is 40.4 Å². The van der Waals surface area contributed by atoms with Gasteiger partial charge in [0.1, 0.15) is 11.7 Å². The topological polar surface area (TPSA) is 104 Å². The number of rotatable bonds is 7. The summed E-state index contributed by atoms with van der Waals surface area (Å²) in [6, 6.07) is 12.7. The lowest BCUT2D eigenvalue weighted by atomic mass is 9.67. The molecule has 0 amide bonds. The average molecular weight is 491 g/mol. The third-order valence-corrected chi connectivity index (χ3v) is 6.58. The number of aromatic nitrogens is 1. The minimum atomic E-state index is -1.06. The van der Waals surface area contributed by atoms with Crippen molar-refractivity contribution in [2.24, 2.45) is 5.92 Å². The zero-order valence-electron chi connectivity index (χ0n) is 20.9. The zero-order valence-corrected chi connectivity index (χ0v) is 20.9. The maximum Gasteiger partial charge on any atom is 0.336 e. The molecule has 0 fully saturated rings. The molecule has 8 heteroatoms. The molecule has 0 saturated heterocycles. The first kappa shape index (κ1) is 25.2. The number of dihydropyridines is 1. The Morgan fingerprint density at radius 1 is 1.06 bits per heavy atom. The predicted molar refractivity (Wildman–Crippen MR) is 132 cm³/mol. The quantitative estimate of drug-likeness (QED) is 0.462. The lowest BCUT2D eigenvalue weighted by Crippen LogP contribution is -2.43. The van der Waals surface area contributed by atoms with E-state index in [2.05, 4.69) is 10.3 Å². The molecule has 4 rings (SSSR count). The van der Waals surface area contributed by atoms with Crippen LogP contribution in [-0.2, 0) is 23.9 Å². The SMILES string of the molecule is CCOC(=O)C1=C(C)NC2=C(C(=O)[C@H](C(=O)OCC)[C@H](c3ccc(OC)cc3)C2)[C@H]1c1ccccn1. The van der Waals surface area contributed by atoms with E-state index >= 15 is 0 Å². The number of nitrogens with one attached hydrogen (secondary N) is 1. The maximum absolute atomic E-state index is 14.2. The number of hydrogen-bond donors (Lipinski definition) is 1. The Bertz CT molecular complexity index is 1220. The van der Waals surface area contributed by atoms with Gasteiger partial charge >= 0.3 is 11.9 Å². The molecular weight excluding hydrogens is 460 g/mol. The summed E-state index contributed by atoms with van der Waals surface area (Å²) in [6.45, 7) is 5.57. The third-order valence-electron chi connectivity index (χ3n) is 6.58. The van der Waals surface area contributed by atoms with Crippen LogP contribution in [0.5, 0.6) is 5.75 Å². The average Bonchev–Trinajstić information content (AvgIpc) is 2.88. The standard InChI is InChI=1S/C28H30N2O6/c1-5-35-27(32)22-16(3)30-21-15-19(17-10-12-18(34-4)13-11-17)23(28(33)36-6-2)26(31)25(21)24(22)20-9-7-8-14-29-20/h7-14,19,23-24,30H,5-6,15H2,1-4H3/t19-,23+,24-/m0/s1. The summed E-state index contributed by atoms with van der Waals surface area (Å²) in [5.74, 6) is -3.09. The smallest absolute Gasteiger partial charge is 0.336 e. The fourth-order valence-electron chi connectivity index (χ4n) is 5.02. The molecule has 0 radical (unpaired) electrons. The van der Waals surface area contributed by atoms with Crippen LogP contribution in [0.1, 0.15) is 50.3 Å². The second-order valence-electron chi connectivity index (χ2n) is 8.64. The molecule has 3 atom stereocenters. The molecule has 1 aromatic heterocycles. The lowest BCUT2D eigenvalue weighted by molar-refractivity contribution is -0.152. The Morgan fingerprint density at radius 2 is 1.78 bits per heavy atom. The summed E-state index contributed by atoms with van der Waals surface area (Å²) in [4.78, 5) is 44.9. The lowest BCUT2D eigenvalue weighted by Gasteiger charge is -2.39. The highest BCUT2D eigenvalue weighted by atomic mass is 16.5. The Hall–Kier alpha value is -3.94. The van der Waals surface area contributed by atoms with Gasteiger partial charge in [-0.25, -0.2) is 4.79 Å². The van der Waals surface area contributed by atoms with Gasteiger partial charge in [0, 0.05) is 29.1 Å². The molecule has 2 heterocycles. The molecule has 1 N–H and O–H groups in total. The number of allylic oxidation sites excluding steroid dienone is 3. The van der Waals surface area contributed by atoms with Crippen molar-refractivity contribution in [3.05, 3.63) is 82.5 Å². The first-order valence-corrected chi connectivity index (χ1v) is 12.0. The van der Waals surface area contributed by atoms with Crippen LogP contribution < -0.4 is 10.1 Å². The normalized spacial score (nSPS) is 21.4. The largest absolute Gasteiger partial charge is 0.497 e. The van der Waals surface area contributed by atoms with E-state index in [9.17, 15) is 14.4 Å². The van der Waals surface area contributed by atoms with Gasteiger partial charge in [-0.05, 0) is 57.0 Å². The van der Waals surface area contributed by atoms with Gasteiger partial charge in [0.15, 0.2) is 5.78 Å². The molecule has 0 unspecified atom stereocenters. The van der Waals surface area contributed by atoms with Crippen molar-refractivity contribution in [3.8, 4) is 5.75 Å². The summed E-state index contributed by atoms with van der Waals surface area (Å²) >= 11 is 0. The van der Waals surface area contributed by atoms with E-state index in [-0.39, 0.29) is 19.0 Å². The first-order valence-electron chi connectivity index (χ1n) is 12.0. The van der Waals surface area contributed by atoms with E-state index < -0.39 is 29.7 Å². The number of benzene rings is 1. The first-order chi connectivity index (χ1) is 17.4. The van der Waals surface area contributed by atoms with Crippen molar-refractivity contribution in [2.45, 2.75) is 39.0 Å². The van der Waals surface area contributed by atoms with Gasteiger partial charge in [0.2, 0.25) is 0 Å². The number of esters is 2. The van der Waals surface area contributed by atoms with Gasteiger partial charge in [0.25, 0.3) is 0 Å². The minimum absolute atomic E-state index is 0.152. The number of carbonyl (C=O) groups is 3. The molecular formula is C28H30N2O6. The molecule has 8 nitrogen and oxygen atoms in total. The summed E-state index contributed by atoms with van der Waals surface area (Å²) in [6.07, 6.45) is 2.00. The van der Waals surface area contributed by atoms with Crippen LogP contribution in [0.2, 0.25) is 0 Å². The maximum atomic E-state index is 14.2. The summed E-state index contributed by atoms with van der Waals surface area (Å²) in [5, 5.41) is 3.28. The Kier molecular flexibility index (Phi) is 7.52. The second kappa shape index (κ2) is 10.8. The van der Waals surface area contributed by atoms with Crippen molar-refractivity contribution >= 4 is 17.7 Å². The fraction of sp³-hybridized carbons (Fsp3) is 0.357. The van der Waals surface area contributed by atoms with Gasteiger partial charge in [0.05, 0.1) is 37.5 Å². The van der Waals surface area contributed by atoms with Crippen LogP contribution in [0.3, 0.4) is 0 Å². The molecule has 1 aromatic carbocycles. The molecule has 0 saturated carbocycles. The number of methoxy groups -OCH3 is 1. The molecule has 0 spiro atoms. The van der Waals surface area contributed by atoms with E-state index in [1.54, 1.807) is 64.4 Å². The zero-order chi connectivity index (χ0) is 25.8. The number of ether oxygens (including phenoxy) is 3. The molecule has 1 aliphatic heterocycles. The van der Waals surface area contributed by atoms with Gasteiger partial charge in [-0.3, -0.25) is 14.6 Å². The van der Waals surface area contributed by atoms with E-state index in [4.69, 9.17) is 14.2 Å². The number of ketones is 1. The summed E-state index contributed by atoms with van der Waals surface area (Å²) in [7, 11) is 1.58. The molecule has 36 heavy (non-hydrogen) atoms. The Labute approximate surface area is 210 Å². The highest BCUT2D eigenvalue weighted by Gasteiger charge is 2.49. The highest BCUT2D eigenvalue weighted by Crippen LogP contribution is 2.47. The van der Waals surface area contributed by atoms with Crippen LogP contribution in [0, 0.1) is 5.92 Å². The third kappa shape index (κ3) is 4.63. The molecule has 0 bridgehead atoms. The monoisotopic (exact) mass is 490 g/mol.